The van der Waals surface area contributed by atoms with E-state index in [1.54, 1.807) is 0 Å². The van der Waals surface area contributed by atoms with Gasteiger partial charge in [-0.2, -0.15) is 0 Å². The summed E-state index contributed by atoms with van der Waals surface area (Å²) in [5.74, 6) is 1.04. The Morgan fingerprint density at radius 2 is 2.04 bits per heavy atom. The van der Waals surface area contributed by atoms with E-state index in [9.17, 15) is 14.7 Å². The topological polar surface area (TPSA) is 78.9 Å². The fourth-order valence-electron chi connectivity index (χ4n) is 5.16. The molecule has 3 aliphatic carbocycles. The molecule has 3 fully saturated rings. The van der Waals surface area contributed by atoms with Gasteiger partial charge in [-0.1, -0.05) is 18.2 Å². The lowest BCUT2D eigenvalue weighted by Crippen LogP contribution is -2.55. The van der Waals surface area contributed by atoms with Gasteiger partial charge < -0.3 is 15.2 Å². The second kappa shape index (κ2) is 6.76. The van der Waals surface area contributed by atoms with E-state index in [0.717, 1.165) is 38.0 Å². The van der Waals surface area contributed by atoms with Crippen LogP contribution in [0.4, 0.5) is 0 Å². The highest BCUT2D eigenvalue weighted by molar-refractivity contribution is 5.85. The minimum Gasteiger partial charge on any atom is -0.493 e. The summed E-state index contributed by atoms with van der Waals surface area (Å²) in [5, 5.41) is 12.4. The van der Waals surface area contributed by atoms with Gasteiger partial charge in [0, 0.05) is 35.5 Å². The van der Waals surface area contributed by atoms with Gasteiger partial charge in [0.05, 0.1) is 13.2 Å². The number of aliphatic carboxylic acids is 1. The molecular formula is C22H28N2O4. The molecule has 1 aliphatic heterocycles. The first-order chi connectivity index (χ1) is 13.5. The zero-order valence-corrected chi connectivity index (χ0v) is 16.1. The highest BCUT2D eigenvalue weighted by Crippen LogP contribution is 2.60. The van der Waals surface area contributed by atoms with Gasteiger partial charge in [0.25, 0.3) is 0 Å². The number of hydrogen-bond acceptors (Lipinski definition) is 4. The van der Waals surface area contributed by atoms with Gasteiger partial charge in [-0.3, -0.25) is 14.5 Å². The maximum atomic E-state index is 12.9. The van der Waals surface area contributed by atoms with Crippen LogP contribution in [0.3, 0.4) is 0 Å². The Kier molecular flexibility index (Phi) is 4.34. The third-order valence-electron chi connectivity index (χ3n) is 7.12. The van der Waals surface area contributed by atoms with Crippen LogP contribution in [0.1, 0.15) is 44.1 Å². The molecule has 0 bridgehead atoms. The highest BCUT2D eigenvalue weighted by Gasteiger charge is 2.61. The van der Waals surface area contributed by atoms with E-state index in [2.05, 4.69) is 16.3 Å². The van der Waals surface area contributed by atoms with Crippen molar-refractivity contribution in [2.24, 2.45) is 11.8 Å². The summed E-state index contributed by atoms with van der Waals surface area (Å²) < 4.78 is 5.76. The van der Waals surface area contributed by atoms with Crippen LogP contribution in [-0.2, 0) is 15.0 Å². The van der Waals surface area contributed by atoms with Crippen molar-refractivity contribution in [3.63, 3.8) is 0 Å². The maximum Gasteiger partial charge on any atom is 0.317 e. The minimum absolute atomic E-state index is 0.0383. The summed E-state index contributed by atoms with van der Waals surface area (Å²) in [6.45, 7) is 1.68. The molecule has 6 nitrogen and oxygen atoms in total. The van der Waals surface area contributed by atoms with Gasteiger partial charge in [-0.05, 0) is 50.5 Å². The number of amides is 1. The first-order valence-electron chi connectivity index (χ1n) is 10.5. The van der Waals surface area contributed by atoms with Crippen LogP contribution in [0.15, 0.2) is 24.3 Å². The number of para-hydroxylation sites is 1. The van der Waals surface area contributed by atoms with Gasteiger partial charge >= 0.3 is 5.97 Å². The number of rotatable bonds is 7. The molecule has 1 spiro atoms. The van der Waals surface area contributed by atoms with Gasteiger partial charge in [0.2, 0.25) is 5.91 Å². The highest BCUT2D eigenvalue weighted by atomic mass is 16.5. The number of ether oxygens (including phenoxy) is 1. The maximum absolute atomic E-state index is 12.9. The van der Waals surface area contributed by atoms with E-state index in [1.807, 2.05) is 18.2 Å². The molecule has 0 saturated heterocycles. The lowest BCUT2D eigenvalue weighted by atomic mass is 9.84. The predicted octanol–water partition coefficient (Wildman–Crippen LogP) is 2.17. The molecule has 1 amide bonds. The number of nitrogens with zero attached hydrogens (tertiary/aromatic N) is 1. The molecule has 5 rings (SSSR count). The summed E-state index contributed by atoms with van der Waals surface area (Å²) in [4.78, 5) is 26.1. The van der Waals surface area contributed by atoms with E-state index in [0.29, 0.717) is 18.6 Å². The molecule has 0 aromatic heterocycles. The van der Waals surface area contributed by atoms with Crippen molar-refractivity contribution in [1.82, 2.24) is 10.2 Å². The Balaban J connectivity index is 1.16. The molecule has 2 N–H and O–H groups in total. The molecule has 2 atom stereocenters. The van der Waals surface area contributed by atoms with E-state index in [1.165, 1.54) is 18.4 Å². The number of carbonyl (C=O) groups excluding carboxylic acids is 1. The van der Waals surface area contributed by atoms with Crippen LogP contribution in [0.25, 0.3) is 0 Å². The van der Waals surface area contributed by atoms with Crippen LogP contribution >= 0.6 is 0 Å². The molecular weight excluding hydrogens is 356 g/mol. The Hall–Kier alpha value is -2.08. The Labute approximate surface area is 165 Å². The van der Waals surface area contributed by atoms with Crippen molar-refractivity contribution >= 4 is 11.9 Å². The summed E-state index contributed by atoms with van der Waals surface area (Å²) in [6.07, 6.45) is 5.98. The lowest BCUT2D eigenvalue weighted by Gasteiger charge is -2.43. The molecule has 1 aromatic carbocycles. The second-order valence-electron chi connectivity index (χ2n) is 9.10. The number of benzene rings is 1. The monoisotopic (exact) mass is 384 g/mol. The van der Waals surface area contributed by atoms with Gasteiger partial charge in [-0.25, -0.2) is 0 Å². The summed E-state index contributed by atoms with van der Waals surface area (Å²) in [5.41, 5.74) is 1.15. The molecule has 4 aliphatic rings. The average molecular weight is 384 g/mol. The van der Waals surface area contributed by atoms with E-state index >= 15 is 0 Å². The minimum atomic E-state index is -0.758. The first-order valence-corrected chi connectivity index (χ1v) is 10.5. The third-order valence-corrected chi connectivity index (χ3v) is 7.12. The quantitative estimate of drug-likeness (QED) is 0.753. The van der Waals surface area contributed by atoms with Crippen molar-refractivity contribution in [2.45, 2.75) is 56.0 Å². The zero-order chi connectivity index (χ0) is 19.3. The van der Waals surface area contributed by atoms with Gasteiger partial charge in [-0.15, -0.1) is 0 Å². The Morgan fingerprint density at radius 3 is 2.79 bits per heavy atom. The SMILES string of the molecule is O=C(O)CN(CC1CC1)C1CC(NC(=O)[C@@H]2C[C@]23CCOc2ccccc23)C1. The number of carboxylic acids is 1. The van der Waals surface area contributed by atoms with Crippen LogP contribution in [0.5, 0.6) is 5.75 Å². The predicted molar refractivity (Wildman–Crippen MR) is 103 cm³/mol. The lowest BCUT2D eigenvalue weighted by molar-refractivity contribution is -0.140. The largest absolute Gasteiger partial charge is 0.493 e. The zero-order valence-electron chi connectivity index (χ0n) is 16.1. The number of fused-ring (bicyclic) bond motifs is 2. The molecule has 0 radical (unpaired) electrons. The van der Waals surface area contributed by atoms with Gasteiger partial charge in [0.1, 0.15) is 5.75 Å². The molecule has 0 unspecified atom stereocenters. The van der Waals surface area contributed by atoms with Crippen molar-refractivity contribution < 1.29 is 19.4 Å². The third kappa shape index (κ3) is 3.28. The molecule has 1 heterocycles. The van der Waals surface area contributed by atoms with Gasteiger partial charge in [0.15, 0.2) is 0 Å². The Bertz CT molecular complexity index is 786. The normalized spacial score (nSPS) is 33.0. The summed E-state index contributed by atoms with van der Waals surface area (Å²) >= 11 is 0. The molecule has 150 valence electrons. The standard InChI is InChI=1S/C22H28N2O4/c25-20(26)13-24(12-14-5-6-14)16-9-15(10-16)23-21(27)18-11-22(18)7-8-28-19-4-2-1-3-17(19)22/h1-4,14-16,18H,5-13H2,(H,23,27)(H,25,26)/t15?,16?,18-,22-/m0/s1. The van der Waals surface area contributed by atoms with Crippen molar-refractivity contribution in [3.8, 4) is 5.75 Å². The van der Waals surface area contributed by atoms with Crippen molar-refractivity contribution in [1.29, 1.82) is 0 Å². The number of nitrogens with one attached hydrogen (secondary N) is 1. The van der Waals surface area contributed by atoms with Crippen molar-refractivity contribution in [2.75, 3.05) is 19.7 Å². The van der Waals surface area contributed by atoms with Crippen LogP contribution < -0.4 is 10.1 Å². The molecule has 6 heteroatoms. The molecule has 28 heavy (non-hydrogen) atoms. The Morgan fingerprint density at radius 1 is 1.25 bits per heavy atom. The number of hydrogen-bond donors (Lipinski definition) is 2. The van der Waals surface area contributed by atoms with E-state index in [4.69, 9.17) is 4.74 Å². The van der Waals surface area contributed by atoms with E-state index in [-0.39, 0.29) is 29.8 Å². The molecule has 3 saturated carbocycles. The second-order valence-corrected chi connectivity index (χ2v) is 9.10. The van der Waals surface area contributed by atoms with Crippen LogP contribution in [-0.4, -0.2) is 53.7 Å². The van der Waals surface area contributed by atoms with Crippen LogP contribution in [0.2, 0.25) is 0 Å². The van der Waals surface area contributed by atoms with E-state index < -0.39 is 5.97 Å². The average Bonchev–Trinajstić information content (AvgIpc) is 3.55. The first kappa shape index (κ1) is 18.0. The number of carboxylic acid groups (broad SMARTS) is 1. The summed E-state index contributed by atoms with van der Waals surface area (Å²) in [7, 11) is 0. The number of carbonyl (C=O) groups is 2. The smallest absolute Gasteiger partial charge is 0.317 e. The molecule has 1 aromatic rings. The van der Waals surface area contributed by atoms with Crippen molar-refractivity contribution in [3.05, 3.63) is 29.8 Å². The fourth-order valence-corrected chi connectivity index (χ4v) is 5.16. The fraction of sp³-hybridized carbons (Fsp3) is 0.636. The summed E-state index contributed by atoms with van der Waals surface area (Å²) in [6, 6.07) is 8.57. The van der Waals surface area contributed by atoms with Crippen LogP contribution in [0, 0.1) is 11.8 Å².